The molecule has 406 valence electrons. The summed E-state index contributed by atoms with van der Waals surface area (Å²) in [5, 5.41) is 31.3. The minimum atomic E-state index is -0.714. The largest absolute Gasteiger partial charge is 0.494 e. The molecule has 2 fully saturated rings. The molecule has 0 spiro atoms. The molecule has 0 unspecified atom stereocenters. The van der Waals surface area contributed by atoms with E-state index in [9.17, 15) is 9.59 Å². The van der Waals surface area contributed by atoms with E-state index in [0.29, 0.717) is 43.1 Å². The molecule has 5 aromatic rings. The van der Waals surface area contributed by atoms with Crippen LogP contribution in [0.25, 0.3) is 0 Å². The van der Waals surface area contributed by atoms with E-state index in [1.54, 1.807) is 36.4 Å². The van der Waals surface area contributed by atoms with Crippen LogP contribution in [0.4, 0.5) is 9.59 Å². The molecule has 7 rings (SSSR count). The van der Waals surface area contributed by atoms with E-state index >= 15 is 0 Å². The van der Waals surface area contributed by atoms with Crippen molar-refractivity contribution in [1.82, 2.24) is 15.1 Å². The van der Waals surface area contributed by atoms with Crippen molar-refractivity contribution in [3.63, 3.8) is 0 Å². The van der Waals surface area contributed by atoms with Crippen molar-refractivity contribution in [3.05, 3.63) is 161 Å². The number of likely N-dealkylation sites (tertiary alicyclic amines) is 2. The number of ether oxygens (including phenoxy) is 5. The SMILES string of the molecule is N=C(NC(=O)OCc1ccccc1)c1ccc(OCCCN2CCC(CCCOc3ccc(/C(N)=N/O)cc3)CC2)cc1.NC(=NC(=O)OCc1ccccc1)c1ccc(OCCCN2CCC(CCCO)CC2)cc1. The van der Waals surface area contributed by atoms with Gasteiger partial charge >= 0.3 is 12.2 Å². The minimum absolute atomic E-state index is 0.0214. The van der Waals surface area contributed by atoms with Crippen molar-refractivity contribution in [1.29, 1.82) is 5.41 Å². The molecular weight excluding hydrogens is 965 g/mol. The van der Waals surface area contributed by atoms with E-state index in [0.717, 1.165) is 118 Å². The number of carbonyl (C=O) groups excluding carboxylic acids is 2. The van der Waals surface area contributed by atoms with Crippen molar-refractivity contribution >= 4 is 29.7 Å². The Morgan fingerprint density at radius 2 is 0.987 bits per heavy atom. The average Bonchev–Trinajstić information content (AvgIpc) is 3.46. The molecule has 0 bridgehead atoms. The van der Waals surface area contributed by atoms with Crippen molar-refractivity contribution in [3.8, 4) is 17.2 Å². The zero-order valence-electron chi connectivity index (χ0n) is 43.6. The first-order valence-corrected chi connectivity index (χ1v) is 26.5. The third-order valence-electron chi connectivity index (χ3n) is 13.4. The number of alkyl carbamates (subject to hydrolysis) is 1. The molecule has 2 aliphatic heterocycles. The smallest absolute Gasteiger partial charge is 0.435 e. The van der Waals surface area contributed by atoms with Gasteiger partial charge in [0.25, 0.3) is 0 Å². The second-order valence-electron chi connectivity index (χ2n) is 19.0. The monoisotopic (exact) mass is 1040 g/mol. The fourth-order valence-corrected chi connectivity index (χ4v) is 8.96. The number of amides is 2. The van der Waals surface area contributed by atoms with Gasteiger partial charge in [-0.15, -0.1) is 0 Å². The molecule has 2 aliphatic rings. The number of nitrogens with zero attached hydrogens (tertiary/aromatic N) is 4. The number of nitrogens with two attached hydrogens (primary N) is 2. The van der Waals surface area contributed by atoms with Gasteiger partial charge in [0, 0.05) is 36.4 Å². The summed E-state index contributed by atoms with van der Waals surface area (Å²) in [5.41, 5.74) is 15.2. The first-order valence-electron chi connectivity index (χ1n) is 26.5. The second kappa shape index (κ2) is 32.8. The highest BCUT2D eigenvalue weighted by Crippen LogP contribution is 2.24. The van der Waals surface area contributed by atoms with Gasteiger partial charge in [-0.2, -0.15) is 4.99 Å². The highest BCUT2D eigenvalue weighted by molar-refractivity contribution is 6.04. The summed E-state index contributed by atoms with van der Waals surface area (Å²) in [6, 6.07) is 40.4. The van der Waals surface area contributed by atoms with Crippen LogP contribution in [0.15, 0.2) is 144 Å². The lowest BCUT2D eigenvalue weighted by atomic mass is 9.92. The van der Waals surface area contributed by atoms with Gasteiger partial charge in [-0.3, -0.25) is 10.7 Å². The highest BCUT2D eigenvalue weighted by Gasteiger charge is 2.20. The Bertz CT molecular complexity index is 2520. The van der Waals surface area contributed by atoms with Gasteiger partial charge < -0.3 is 55.3 Å². The fraction of sp³-hybridized carbons (Fsp3) is 0.407. The number of rotatable bonds is 25. The Kier molecular flexibility index (Phi) is 24.9. The van der Waals surface area contributed by atoms with Gasteiger partial charge in [-0.05, 0) is 186 Å². The number of nitrogens with one attached hydrogen (secondary N) is 2. The lowest BCUT2D eigenvalue weighted by Crippen LogP contribution is -2.35. The first kappa shape index (κ1) is 57.8. The number of oxime groups is 1. The van der Waals surface area contributed by atoms with E-state index in [1.807, 2.05) is 97.1 Å². The highest BCUT2D eigenvalue weighted by atomic mass is 16.6. The summed E-state index contributed by atoms with van der Waals surface area (Å²) >= 11 is 0. The topological polar surface area (TPSA) is 240 Å². The van der Waals surface area contributed by atoms with E-state index in [1.165, 1.54) is 25.7 Å². The van der Waals surface area contributed by atoms with Crippen LogP contribution in [-0.2, 0) is 22.7 Å². The molecule has 17 nitrogen and oxygen atoms in total. The first-order chi connectivity index (χ1) is 37.1. The zero-order valence-corrected chi connectivity index (χ0v) is 43.6. The Morgan fingerprint density at radius 3 is 1.45 bits per heavy atom. The van der Waals surface area contributed by atoms with Crippen LogP contribution in [0.1, 0.15) is 92.0 Å². The van der Waals surface area contributed by atoms with E-state index in [2.05, 4.69) is 25.3 Å². The minimum Gasteiger partial charge on any atom is -0.494 e. The maximum Gasteiger partial charge on any atom is 0.435 e. The third kappa shape index (κ3) is 21.4. The van der Waals surface area contributed by atoms with Gasteiger partial charge in [0.1, 0.15) is 42.1 Å². The number of amidine groups is 3. The summed E-state index contributed by atoms with van der Waals surface area (Å²) in [6.45, 7) is 9.11. The van der Waals surface area contributed by atoms with E-state index in [4.69, 9.17) is 50.9 Å². The summed E-state index contributed by atoms with van der Waals surface area (Å²) in [6.07, 6.45) is 9.66. The molecular formula is C59H76N8O9. The van der Waals surface area contributed by atoms with Gasteiger partial charge in [-0.25, -0.2) is 9.59 Å². The van der Waals surface area contributed by atoms with E-state index < -0.39 is 12.2 Å². The number of carbonyl (C=O) groups is 2. The third-order valence-corrected chi connectivity index (χ3v) is 13.4. The molecule has 0 radical (unpaired) electrons. The molecule has 0 atom stereocenters. The second-order valence-corrected chi connectivity index (χ2v) is 19.0. The maximum atomic E-state index is 12.0. The molecule has 76 heavy (non-hydrogen) atoms. The molecule has 0 aromatic heterocycles. The molecule has 2 amide bonds. The summed E-state index contributed by atoms with van der Waals surface area (Å²) in [5.74, 6) is 3.97. The van der Waals surface area contributed by atoms with Gasteiger partial charge in [0.2, 0.25) is 0 Å². The lowest BCUT2D eigenvalue weighted by molar-refractivity contribution is 0.145. The summed E-state index contributed by atoms with van der Waals surface area (Å²) < 4.78 is 27.9. The van der Waals surface area contributed by atoms with Crippen LogP contribution in [0.5, 0.6) is 17.2 Å². The lowest BCUT2D eigenvalue weighted by Gasteiger charge is -2.32. The van der Waals surface area contributed by atoms with Crippen LogP contribution >= 0.6 is 0 Å². The molecule has 17 heteroatoms. The predicted molar refractivity (Wildman–Crippen MR) is 295 cm³/mol. The average molecular weight is 1040 g/mol. The van der Waals surface area contributed by atoms with Gasteiger partial charge in [0.05, 0.1) is 19.8 Å². The Morgan fingerprint density at radius 1 is 0.566 bits per heavy atom. The number of aliphatic hydroxyl groups excluding tert-OH is 1. The number of hydrogen-bond acceptors (Lipinski definition) is 13. The van der Waals surface area contributed by atoms with Crippen LogP contribution in [0, 0.1) is 17.2 Å². The molecule has 5 aromatic carbocycles. The van der Waals surface area contributed by atoms with Crippen LogP contribution in [0.2, 0.25) is 0 Å². The van der Waals surface area contributed by atoms with Crippen molar-refractivity contribution in [2.24, 2.45) is 33.5 Å². The number of hydrogen-bond donors (Lipinski definition) is 6. The molecule has 2 saturated heterocycles. The number of aliphatic imine (C=N–C) groups is 1. The standard InChI is InChI=1S/C33H41N5O5.C26H35N3O4/c34-31(36-33(39)43-24-26-6-2-1-3-7-26)27-9-13-30(14-10-27)42-23-5-19-38-20-17-25(18-21-38)8-4-22-41-29-15-11-28(12-16-29)32(35)37-40;27-25(28-26(31)33-20-22-6-2-1-3-7-22)23-9-11-24(12-10-23)32-19-5-15-29-16-13-21(14-17-29)8-4-18-30/h1-3,6-7,9-16,25,40H,4-5,8,17-24H2,(H2,35,37)(H2,34,36,39);1-3,6-7,9-12,21,30H,4-5,8,13-20H2,(H2,27,28,31). The summed E-state index contributed by atoms with van der Waals surface area (Å²) in [7, 11) is 0. The normalized spacial score (nSPS) is 14.7. The number of benzene rings is 5. The zero-order chi connectivity index (χ0) is 53.6. The van der Waals surface area contributed by atoms with Crippen LogP contribution in [-0.4, -0.2) is 116 Å². The van der Waals surface area contributed by atoms with Crippen molar-refractivity contribution in [2.45, 2.75) is 77.4 Å². The quantitative estimate of drug-likeness (QED) is 0.0105. The van der Waals surface area contributed by atoms with Gasteiger partial charge in [0.15, 0.2) is 5.84 Å². The Labute approximate surface area is 447 Å². The fourth-order valence-electron chi connectivity index (χ4n) is 8.96. The van der Waals surface area contributed by atoms with Crippen molar-refractivity contribution in [2.75, 3.05) is 65.7 Å². The van der Waals surface area contributed by atoms with Crippen LogP contribution in [0.3, 0.4) is 0 Å². The number of piperidine rings is 2. The molecule has 2 heterocycles. The summed E-state index contributed by atoms with van der Waals surface area (Å²) in [4.78, 5) is 32.7. The predicted octanol–water partition coefficient (Wildman–Crippen LogP) is 9.36. The van der Waals surface area contributed by atoms with E-state index in [-0.39, 0.29) is 30.7 Å². The molecule has 8 N–H and O–H groups in total. The van der Waals surface area contributed by atoms with Crippen molar-refractivity contribution < 1.29 is 43.6 Å². The number of aliphatic hydroxyl groups is 1. The molecule has 0 saturated carbocycles. The van der Waals surface area contributed by atoms with Gasteiger partial charge in [-0.1, -0.05) is 65.8 Å². The maximum absolute atomic E-state index is 12.0. The Balaban J connectivity index is 0.000000255. The van der Waals surface area contributed by atoms with Crippen LogP contribution < -0.4 is 31.0 Å². The Hall–Kier alpha value is -7.47. The molecule has 0 aliphatic carbocycles.